The summed E-state index contributed by atoms with van der Waals surface area (Å²) in [6.07, 6.45) is 4.05. The van der Waals surface area contributed by atoms with Gasteiger partial charge in [0.1, 0.15) is 0 Å². The molecule has 7 heteroatoms. The third-order valence-electron chi connectivity index (χ3n) is 4.71. The van der Waals surface area contributed by atoms with Crippen molar-refractivity contribution in [3.05, 3.63) is 29.8 Å². The summed E-state index contributed by atoms with van der Waals surface area (Å²) in [5, 5.41) is 2.98. The minimum absolute atomic E-state index is 0.0581. The number of benzene rings is 1. The third kappa shape index (κ3) is 6.32. The second-order valence-corrected chi connectivity index (χ2v) is 8.95. The Kier molecular flexibility index (Phi) is 6.84. The van der Waals surface area contributed by atoms with E-state index in [1.165, 1.54) is 16.1 Å². The second kappa shape index (κ2) is 8.67. The van der Waals surface area contributed by atoms with Crippen molar-refractivity contribution < 1.29 is 13.2 Å². The van der Waals surface area contributed by atoms with Gasteiger partial charge in [0, 0.05) is 45.8 Å². The number of hydrogen-bond donors (Lipinski definition) is 1. The molecule has 1 heterocycles. The summed E-state index contributed by atoms with van der Waals surface area (Å²) >= 11 is 0. The summed E-state index contributed by atoms with van der Waals surface area (Å²) in [6.45, 7) is 1.67. The van der Waals surface area contributed by atoms with Gasteiger partial charge < -0.3 is 10.2 Å². The van der Waals surface area contributed by atoms with Gasteiger partial charge >= 0.3 is 0 Å². The number of nitrogens with zero attached hydrogens (tertiary/aromatic N) is 2. The molecule has 0 atom stereocenters. The maximum absolute atomic E-state index is 12.1. The lowest BCUT2D eigenvalue weighted by atomic mass is 9.94. The predicted molar refractivity (Wildman–Crippen MR) is 101 cm³/mol. The van der Waals surface area contributed by atoms with Crippen LogP contribution in [0.25, 0.3) is 0 Å². The van der Waals surface area contributed by atoms with Crippen molar-refractivity contribution in [1.29, 1.82) is 0 Å². The molecule has 0 radical (unpaired) electrons. The van der Waals surface area contributed by atoms with Gasteiger partial charge in [-0.25, -0.2) is 12.7 Å². The highest BCUT2D eigenvalue weighted by Crippen LogP contribution is 2.21. The van der Waals surface area contributed by atoms with Crippen LogP contribution in [0.2, 0.25) is 0 Å². The lowest BCUT2D eigenvalue weighted by molar-refractivity contribution is -0.122. The Labute approximate surface area is 151 Å². The van der Waals surface area contributed by atoms with Gasteiger partial charge in [-0.2, -0.15) is 0 Å². The summed E-state index contributed by atoms with van der Waals surface area (Å²) in [7, 11) is 0.918. The first-order valence-corrected chi connectivity index (χ1v) is 10.6. The molecule has 0 bridgehead atoms. The summed E-state index contributed by atoms with van der Waals surface area (Å²) in [4.78, 5) is 14.1. The van der Waals surface area contributed by atoms with E-state index in [4.69, 9.17) is 0 Å². The Morgan fingerprint density at radius 1 is 1.20 bits per heavy atom. The van der Waals surface area contributed by atoms with Gasteiger partial charge in [-0.15, -0.1) is 0 Å². The highest BCUT2D eigenvalue weighted by molar-refractivity contribution is 7.88. The summed E-state index contributed by atoms with van der Waals surface area (Å²) in [5.41, 5.74) is 2.36. The highest BCUT2D eigenvalue weighted by atomic mass is 32.2. The van der Waals surface area contributed by atoms with Crippen molar-refractivity contribution in [2.24, 2.45) is 5.92 Å². The molecule has 0 aromatic heterocycles. The quantitative estimate of drug-likeness (QED) is 0.792. The molecule has 1 saturated heterocycles. The van der Waals surface area contributed by atoms with Gasteiger partial charge in [-0.3, -0.25) is 4.79 Å². The van der Waals surface area contributed by atoms with Gasteiger partial charge in [0.25, 0.3) is 0 Å². The van der Waals surface area contributed by atoms with Gasteiger partial charge in [0.2, 0.25) is 15.9 Å². The first kappa shape index (κ1) is 19.7. The van der Waals surface area contributed by atoms with Crippen molar-refractivity contribution in [3.8, 4) is 0 Å². The molecule has 1 aliphatic rings. The van der Waals surface area contributed by atoms with Crippen molar-refractivity contribution >= 4 is 21.6 Å². The topological polar surface area (TPSA) is 69.7 Å². The molecule has 1 N–H and O–H groups in total. The Hall–Kier alpha value is -1.60. The second-order valence-electron chi connectivity index (χ2n) is 6.97. The monoisotopic (exact) mass is 367 g/mol. The van der Waals surface area contributed by atoms with E-state index < -0.39 is 10.0 Å². The predicted octanol–water partition coefficient (Wildman–Crippen LogP) is 1.47. The van der Waals surface area contributed by atoms with Gasteiger partial charge in [0.05, 0.1) is 6.26 Å². The molecule has 1 aromatic rings. The zero-order chi connectivity index (χ0) is 18.4. The van der Waals surface area contributed by atoms with Crippen molar-refractivity contribution in [1.82, 2.24) is 9.62 Å². The van der Waals surface area contributed by atoms with Crippen LogP contribution in [0.15, 0.2) is 24.3 Å². The molecule has 25 heavy (non-hydrogen) atoms. The standard InChI is InChI=1S/C18H29N3O3S/c1-20(2)17-6-4-15(5-7-17)8-11-19-18(22)14-16-9-12-21(13-10-16)25(3,23)24/h4-7,16H,8-14H2,1-3H3,(H,19,22). The van der Waals surface area contributed by atoms with E-state index in [-0.39, 0.29) is 11.8 Å². The van der Waals surface area contributed by atoms with Crippen LogP contribution in [0, 0.1) is 5.92 Å². The van der Waals surface area contributed by atoms with Crippen LogP contribution in [0.3, 0.4) is 0 Å². The largest absolute Gasteiger partial charge is 0.378 e. The van der Waals surface area contributed by atoms with Crippen LogP contribution >= 0.6 is 0 Å². The summed E-state index contributed by atoms with van der Waals surface area (Å²) < 4.78 is 24.5. The van der Waals surface area contributed by atoms with E-state index in [1.54, 1.807) is 0 Å². The van der Waals surface area contributed by atoms with Gasteiger partial charge in [-0.05, 0) is 42.9 Å². The van der Waals surface area contributed by atoms with E-state index >= 15 is 0 Å². The van der Waals surface area contributed by atoms with E-state index in [2.05, 4.69) is 34.5 Å². The minimum Gasteiger partial charge on any atom is -0.378 e. The molecular formula is C18H29N3O3S. The summed E-state index contributed by atoms with van der Waals surface area (Å²) in [6, 6.07) is 8.32. The number of anilines is 1. The number of piperidine rings is 1. The maximum Gasteiger partial charge on any atom is 0.220 e. The summed E-state index contributed by atoms with van der Waals surface area (Å²) in [5.74, 6) is 0.333. The molecule has 0 saturated carbocycles. The fraction of sp³-hybridized carbons (Fsp3) is 0.611. The van der Waals surface area contributed by atoms with Crippen molar-refractivity contribution in [3.63, 3.8) is 0 Å². The average Bonchev–Trinajstić information content (AvgIpc) is 2.55. The van der Waals surface area contributed by atoms with Crippen LogP contribution in [-0.4, -0.2) is 58.6 Å². The van der Waals surface area contributed by atoms with Gasteiger partial charge in [0.15, 0.2) is 0 Å². The molecular weight excluding hydrogens is 338 g/mol. The molecule has 0 aliphatic carbocycles. The molecule has 1 amide bonds. The molecule has 1 aliphatic heterocycles. The normalized spacial score (nSPS) is 16.6. The molecule has 6 nitrogen and oxygen atoms in total. The Balaban J connectivity index is 1.68. The SMILES string of the molecule is CN(C)c1ccc(CCNC(=O)CC2CCN(S(C)(=O)=O)CC2)cc1. The van der Waals surface area contributed by atoms with Crippen molar-refractivity contribution in [2.75, 3.05) is 44.9 Å². The van der Waals surface area contributed by atoms with Gasteiger partial charge in [-0.1, -0.05) is 12.1 Å². The Morgan fingerprint density at radius 3 is 2.32 bits per heavy atom. The zero-order valence-corrected chi connectivity index (χ0v) is 16.2. The molecule has 0 unspecified atom stereocenters. The number of hydrogen-bond acceptors (Lipinski definition) is 4. The molecule has 1 aromatic carbocycles. The van der Waals surface area contributed by atoms with E-state index in [1.807, 2.05) is 14.1 Å². The Bertz CT molecular complexity index is 663. The van der Waals surface area contributed by atoms with Crippen LogP contribution in [-0.2, 0) is 21.2 Å². The zero-order valence-electron chi connectivity index (χ0n) is 15.4. The number of rotatable bonds is 7. The van der Waals surface area contributed by atoms with E-state index in [9.17, 15) is 13.2 Å². The Morgan fingerprint density at radius 2 is 1.80 bits per heavy atom. The van der Waals surface area contributed by atoms with Crippen LogP contribution in [0.5, 0.6) is 0 Å². The average molecular weight is 368 g/mol. The van der Waals surface area contributed by atoms with Crippen molar-refractivity contribution in [2.45, 2.75) is 25.7 Å². The lowest BCUT2D eigenvalue weighted by Crippen LogP contribution is -2.39. The number of carbonyl (C=O) groups excluding carboxylic acids is 1. The molecule has 1 fully saturated rings. The number of nitrogens with one attached hydrogen (secondary N) is 1. The van der Waals surface area contributed by atoms with E-state index in [0.717, 1.165) is 24.9 Å². The first-order valence-electron chi connectivity index (χ1n) is 8.74. The fourth-order valence-electron chi connectivity index (χ4n) is 3.09. The van der Waals surface area contributed by atoms with Crippen LogP contribution in [0.1, 0.15) is 24.8 Å². The minimum atomic E-state index is -3.10. The lowest BCUT2D eigenvalue weighted by Gasteiger charge is -2.29. The third-order valence-corrected chi connectivity index (χ3v) is 6.01. The molecule has 140 valence electrons. The van der Waals surface area contributed by atoms with Crippen LogP contribution < -0.4 is 10.2 Å². The first-order chi connectivity index (χ1) is 11.8. The fourth-order valence-corrected chi connectivity index (χ4v) is 3.96. The number of carbonyl (C=O) groups is 1. The number of sulfonamides is 1. The number of amides is 1. The highest BCUT2D eigenvalue weighted by Gasteiger charge is 2.26. The molecule has 0 spiro atoms. The van der Waals surface area contributed by atoms with Crippen LogP contribution in [0.4, 0.5) is 5.69 Å². The maximum atomic E-state index is 12.1. The van der Waals surface area contributed by atoms with E-state index in [0.29, 0.717) is 26.1 Å². The molecule has 2 rings (SSSR count). The smallest absolute Gasteiger partial charge is 0.220 e.